The van der Waals surface area contributed by atoms with Crippen molar-refractivity contribution < 1.29 is 8.42 Å². The van der Waals surface area contributed by atoms with E-state index in [1.807, 2.05) is 32.0 Å². The van der Waals surface area contributed by atoms with Crippen molar-refractivity contribution in [1.29, 1.82) is 0 Å². The summed E-state index contributed by atoms with van der Waals surface area (Å²) >= 11 is 0. The molecular weight excluding hydrogens is 503 g/mol. The van der Waals surface area contributed by atoms with E-state index in [0.29, 0.717) is 19.6 Å². The van der Waals surface area contributed by atoms with E-state index in [1.54, 1.807) is 7.05 Å². The highest BCUT2D eigenvalue weighted by Gasteiger charge is 2.13. The molecule has 1 heterocycles. The first-order valence-corrected chi connectivity index (χ1v) is 11.5. The second-order valence-electron chi connectivity index (χ2n) is 6.69. The summed E-state index contributed by atoms with van der Waals surface area (Å²) in [5, 5.41) is 6.54. The molecule has 2 aromatic rings. The summed E-state index contributed by atoms with van der Waals surface area (Å²) in [6.07, 6.45) is 2.91. The van der Waals surface area contributed by atoms with Gasteiger partial charge < -0.3 is 15.2 Å². The summed E-state index contributed by atoms with van der Waals surface area (Å²) in [6.45, 7) is 7.22. The number of guanidine groups is 1. The molecule has 10 heteroatoms. The fraction of sp³-hybridized carbons (Fsp3) is 0.579. The van der Waals surface area contributed by atoms with Gasteiger partial charge in [-0.25, -0.2) is 17.7 Å². The Hall–Kier alpha value is -1.40. The molecule has 0 fully saturated rings. The number of imidazole rings is 1. The van der Waals surface area contributed by atoms with Crippen LogP contribution < -0.4 is 10.6 Å². The fourth-order valence-electron chi connectivity index (χ4n) is 3.16. The first-order valence-electron chi connectivity index (χ1n) is 9.68. The Bertz CT molecular complexity index is 897. The third-order valence-corrected chi connectivity index (χ3v) is 6.00. The van der Waals surface area contributed by atoms with E-state index >= 15 is 0 Å². The predicted octanol–water partition coefficient (Wildman–Crippen LogP) is 2.19. The molecule has 0 radical (unpaired) electrons. The van der Waals surface area contributed by atoms with E-state index in [1.165, 1.54) is 10.6 Å². The third kappa shape index (κ3) is 7.74. The lowest BCUT2D eigenvalue weighted by Gasteiger charge is -2.18. The van der Waals surface area contributed by atoms with Crippen LogP contribution in [-0.4, -0.2) is 67.7 Å². The quantitative estimate of drug-likeness (QED) is 0.210. The summed E-state index contributed by atoms with van der Waals surface area (Å²) in [5.41, 5.74) is 2.19. The van der Waals surface area contributed by atoms with Crippen molar-refractivity contribution in [1.82, 2.24) is 24.5 Å². The molecule has 29 heavy (non-hydrogen) atoms. The van der Waals surface area contributed by atoms with E-state index in [9.17, 15) is 8.42 Å². The molecule has 2 N–H and O–H groups in total. The first-order chi connectivity index (χ1) is 13.4. The van der Waals surface area contributed by atoms with E-state index in [2.05, 4.69) is 31.2 Å². The molecule has 0 atom stereocenters. The summed E-state index contributed by atoms with van der Waals surface area (Å²) in [4.78, 5) is 8.81. The lowest BCUT2D eigenvalue weighted by atomic mass is 10.3. The number of aromatic nitrogens is 2. The van der Waals surface area contributed by atoms with Crippen LogP contribution in [0.4, 0.5) is 0 Å². The molecule has 2 rings (SSSR count). The third-order valence-electron chi connectivity index (χ3n) is 4.62. The zero-order chi connectivity index (χ0) is 20.6. The fourth-order valence-corrected chi connectivity index (χ4v) is 4.09. The molecule has 0 aliphatic heterocycles. The smallest absolute Gasteiger partial charge is 0.211 e. The van der Waals surface area contributed by atoms with Gasteiger partial charge in [0.15, 0.2) is 5.96 Å². The zero-order valence-corrected chi connectivity index (χ0v) is 20.8. The number of aryl methyl sites for hydroxylation is 2. The van der Waals surface area contributed by atoms with Crippen molar-refractivity contribution >= 4 is 51.0 Å². The van der Waals surface area contributed by atoms with Gasteiger partial charge in [-0.2, -0.15) is 0 Å². The Morgan fingerprint density at radius 2 is 1.86 bits per heavy atom. The Balaban J connectivity index is 0.00000420. The number of hydrogen-bond donors (Lipinski definition) is 2. The highest BCUT2D eigenvalue weighted by Crippen LogP contribution is 2.15. The number of aliphatic imine (C=N–C) groups is 1. The number of sulfonamides is 1. The largest absolute Gasteiger partial charge is 0.356 e. The molecule has 0 spiro atoms. The van der Waals surface area contributed by atoms with Crippen molar-refractivity contribution in [2.45, 2.75) is 33.2 Å². The van der Waals surface area contributed by atoms with Crippen LogP contribution in [0, 0.1) is 6.92 Å². The monoisotopic (exact) mass is 536 g/mol. The SMILES string of the molecule is CCN(CCCNC(=NC)NCCCn1c(C)nc2ccccc21)S(C)(=O)=O.I. The molecule has 0 saturated carbocycles. The van der Waals surface area contributed by atoms with E-state index < -0.39 is 10.0 Å². The van der Waals surface area contributed by atoms with Gasteiger partial charge in [0.2, 0.25) is 10.0 Å². The van der Waals surface area contributed by atoms with Gasteiger partial charge in [-0.15, -0.1) is 24.0 Å². The van der Waals surface area contributed by atoms with Crippen molar-refractivity contribution in [2.24, 2.45) is 4.99 Å². The minimum absolute atomic E-state index is 0. The summed E-state index contributed by atoms with van der Waals surface area (Å²) < 4.78 is 26.9. The Kier molecular flexibility index (Phi) is 10.9. The van der Waals surface area contributed by atoms with Crippen LogP contribution in [0.5, 0.6) is 0 Å². The number of nitrogens with one attached hydrogen (secondary N) is 2. The number of rotatable bonds is 10. The van der Waals surface area contributed by atoms with Crippen LogP contribution in [0.1, 0.15) is 25.6 Å². The second-order valence-corrected chi connectivity index (χ2v) is 8.67. The van der Waals surface area contributed by atoms with Gasteiger partial charge >= 0.3 is 0 Å². The van der Waals surface area contributed by atoms with Gasteiger partial charge in [-0.3, -0.25) is 4.99 Å². The predicted molar refractivity (Wildman–Crippen MR) is 131 cm³/mol. The van der Waals surface area contributed by atoms with Gasteiger partial charge in [0.1, 0.15) is 5.82 Å². The highest BCUT2D eigenvalue weighted by molar-refractivity contribution is 14.0. The molecule has 0 amide bonds. The number of para-hydroxylation sites is 2. The van der Waals surface area contributed by atoms with Crippen LogP contribution in [0.15, 0.2) is 29.3 Å². The Morgan fingerprint density at radius 1 is 1.21 bits per heavy atom. The van der Waals surface area contributed by atoms with Crippen molar-refractivity contribution in [2.75, 3.05) is 39.5 Å². The average Bonchev–Trinajstić information content (AvgIpc) is 2.97. The summed E-state index contributed by atoms with van der Waals surface area (Å²) in [6, 6.07) is 8.17. The molecule has 0 bridgehead atoms. The molecule has 0 unspecified atom stereocenters. The number of halogens is 1. The number of nitrogens with zero attached hydrogens (tertiary/aromatic N) is 4. The van der Waals surface area contributed by atoms with Crippen LogP contribution >= 0.6 is 24.0 Å². The molecular formula is C19H33IN6O2S. The standard InChI is InChI=1S/C19H32N6O2S.HI/c1-5-24(28(4,26)27)14-8-12-21-19(20-3)22-13-9-15-25-16(2)23-17-10-6-7-11-18(17)25;/h6-7,10-11H,5,8-9,12-15H2,1-4H3,(H2,20,21,22);1H. The lowest BCUT2D eigenvalue weighted by molar-refractivity contribution is 0.424. The Labute approximate surface area is 191 Å². The molecule has 0 aliphatic carbocycles. The van der Waals surface area contributed by atoms with Crippen LogP contribution in [0.3, 0.4) is 0 Å². The first kappa shape index (κ1) is 25.6. The van der Waals surface area contributed by atoms with Crippen LogP contribution in [0.2, 0.25) is 0 Å². The molecule has 1 aromatic heterocycles. The van der Waals surface area contributed by atoms with Gasteiger partial charge in [0.05, 0.1) is 17.3 Å². The molecule has 0 saturated heterocycles. The maximum atomic E-state index is 11.6. The lowest BCUT2D eigenvalue weighted by Crippen LogP contribution is -2.39. The topological polar surface area (TPSA) is 91.6 Å². The maximum Gasteiger partial charge on any atom is 0.211 e. The Morgan fingerprint density at radius 3 is 2.48 bits per heavy atom. The zero-order valence-electron chi connectivity index (χ0n) is 17.7. The normalized spacial score (nSPS) is 12.2. The van der Waals surface area contributed by atoms with Crippen LogP contribution in [-0.2, 0) is 16.6 Å². The van der Waals surface area contributed by atoms with E-state index in [4.69, 9.17) is 0 Å². The molecule has 1 aromatic carbocycles. The van der Waals surface area contributed by atoms with Crippen molar-refractivity contribution in [3.8, 4) is 0 Å². The van der Waals surface area contributed by atoms with Gasteiger partial charge in [0.25, 0.3) is 0 Å². The minimum atomic E-state index is -3.13. The van der Waals surface area contributed by atoms with Crippen molar-refractivity contribution in [3.63, 3.8) is 0 Å². The number of benzene rings is 1. The second kappa shape index (κ2) is 12.3. The van der Waals surface area contributed by atoms with E-state index in [-0.39, 0.29) is 24.0 Å². The van der Waals surface area contributed by atoms with Gasteiger partial charge in [-0.1, -0.05) is 19.1 Å². The molecule has 8 nitrogen and oxygen atoms in total. The molecule has 164 valence electrons. The van der Waals surface area contributed by atoms with Gasteiger partial charge in [0, 0.05) is 39.8 Å². The summed E-state index contributed by atoms with van der Waals surface area (Å²) in [5.74, 6) is 1.75. The number of hydrogen-bond acceptors (Lipinski definition) is 4. The van der Waals surface area contributed by atoms with E-state index in [0.717, 1.165) is 48.7 Å². The molecule has 0 aliphatic rings. The minimum Gasteiger partial charge on any atom is -0.356 e. The van der Waals surface area contributed by atoms with Crippen molar-refractivity contribution in [3.05, 3.63) is 30.1 Å². The summed E-state index contributed by atoms with van der Waals surface area (Å²) in [7, 11) is -1.39. The van der Waals surface area contributed by atoms with Gasteiger partial charge in [-0.05, 0) is 31.9 Å². The van der Waals surface area contributed by atoms with Crippen LogP contribution in [0.25, 0.3) is 11.0 Å². The maximum absolute atomic E-state index is 11.6. The average molecular weight is 536 g/mol. The highest BCUT2D eigenvalue weighted by atomic mass is 127. The number of fused-ring (bicyclic) bond motifs is 1.